The quantitative estimate of drug-likeness (QED) is 0.0479. The molecule has 0 aliphatic rings. The summed E-state index contributed by atoms with van der Waals surface area (Å²) in [6.07, 6.45) is 33.9. The number of phosphoric ester groups is 1. The molecule has 0 aliphatic heterocycles. The number of unbranched alkanes of at least 4 members (excludes halogenated alkanes) is 24. The van der Waals surface area contributed by atoms with E-state index in [1.165, 1.54) is 135 Å². The largest absolute Gasteiger partial charge is 0.489 e. The average Bonchev–Trinajstić information content (AvgIpc) is 2.92. The maximum absolute atomic E-state index is 12.6. The fourth-order valence-electron chi connectivity index (χ4n) is 5.15. The van der Waals surface area contributed by atoms with Crippen molar-refractivity contribution in [1.82, 2.24) is 5.06 Å². The highest BCUT2D eigenvalue weighted by atomic mass is 31.2. The molecule has 0 radical (unpaired) electrons. The normalized spacial score (nSPS) is 13.4. The lowest BCUT2D eigenvalue weighted by Gasteiger charge is -2.24. The molecule has 6 heteroatoms. The molecule has 0 amide bonds. The third-order valence-corrected chi connectivity index (χ3v) is 8.69. The molecule has 39 heavy (non-hydrogen) atoms. The summed E-state index contributed by atoms with van der Waals surface area (Å²) in [6, 6.07) is 0. The Hall–Kier alpha value is 0.0700. The van der Waals surface area contributed by atoms with E-state index in [2.05, 4.69) is 20.8 Å². The second-order valence-corrected chi connectivity index (χ2v) is 13.2. The number of hydrogen-bond acceptors (Lipinski definition) is 4. The molecule has 0 aromatic carbocycles. The topological polar surface area (TPSA) is 59.0 Å². The molecule has 1 unspecified atom stereocenters. The third-order valence-electron chi connectivity index (χ3n) is 7.74. The SMILES string of the molecule is CCCCCCCCCCCCCCCCCOP(=O)(O)ON(CCCCCCCC)CCCCCCCC. The maximum Gasteiger partial charge on any atom is 0.489 e. The van der Waals surface area contributed by atoms with Gasteiger partial charge in [0.15, 0.2) is 0 Å². The Labute approximate surface area is 245 Å². The van der Waals surface area contributed by atoms with Gasteiger partial charge in [0, 0.05) is 13.1 Å². The Morgan fingerprint density at radius 2 is 0.744 bits per heavy atom. The molecule has 236 valence electrons. The average molecular weight is 576 g/mol. The predicted molar refractivity (Wildman–Crippen MR) is 170 cm³/mol. The van der Waals surface area contributed by atoms with Gasteiger partial charge in [-0.05, 0) is 19.3 Å². The highest BCUT2D eigenvalue weighted by Gasteiger charge is 2.25. The molecule has 0 rings (SSSR count). The van der Waals surface area contributed by atoms with Crippen molar-refractivity contribution >= 4 is 7.82 Å². The standard InChI is InChI=1S/C33H70NO4P/c1-4-7-10-13-16-17-18-19-20-21-22-23-24-27-30-33-37-39(35,36)38-34(31-28-25-14-11-8-5-2)32-29-26-15-12-9-6-3/h4-33H2,1-3H3,(H,35,36). The van der Waals surface area contributed by atoms with Crippen LogP contribution < -0.4 is 0 Å². The van der Waals surface area contributed by atoms with Crippen LogP contribution in [0, 0.1) is 0 Å². The molecule has 0 spiro atoms. The van der Waals surface area contributed by atoms with Crippen molar-refractivity contribution in [3.63, 3.8) is 0 Å². The van der Waals surface area contributed by atoms with Gasteiger partial charge in [0.05, 0.1) is 6.61 Å². The van der Waals surface area contributed by atoms with Crippen molar-refractivity contribution in [2.75, 3.05) is 19.7 Å². The molecule has 0 saturated heterocycles. The minimum absolute atomic E-state index is 0.300. The molecule has 1 atom stereocenters. The zero-order valence-electron chi connectivity index (χ0n) is 26.8. The molecule has 0 aliphatic carbocycles. The minimum Gasteiger partial charge on any atom is -0.301 e. The van der Waals surface area contributed by atoms with Gasteiger partial charge in [0.25, 0.3) is 0 Å². The first-order valence-corrected chi connectivity index (χ1v) is 19.0. The van der Waals surface area contributed by atoms with Crippen LogP contribution >= 0.6 is 7.82 Å². The fourth-order valence-corrected chi connectivity index (χ4v) is 6.02. The van der Waals surface area contributed by atoms with Gasteiger partial charge in [-0.25, -0.2) is 4.57 Å². The maximum atomic E-state index is 12.6. The van der Waals surface area contributed by atoms with E-state index in [0.717, 1.165) is 38.5 Å². The Bertz CT molecular complexity index is 504. The highest BCUT2D eigenvalue weighted by Crippen LogP contribution is 2.44. The number of hydrogen-bond donors (Lipinski definition) is 1. The molecule has 0 fully saturated rings. The van der Waals surface area contributed by atoms with Crippen molar-refractivity contribution in [2.24, 2.45) is 0 Å². The zero-order chi connectivity index (χ0) is 28.7. The van der Waals surface area contributed by atoms with E-state index in [-0.39, 0.29) is 0 Å². The van der Waals surface area contributed by atoms with Crippen LogP contribution in [0.1, 0.15) is 194 Å². The molecular formula is C33H70NO4P. The number of hydroxylamine groups is 2. The van der Waals surface area contributed by atoms with Crippen molar-refractivity contribution in [2.45, 2.75) is 194 Å². The first kappa shape index (κ1) is 39.1. The first-order chi connectivity index (χ1) is 19.1. The van der Waals surface area contributed by atoms with Crippen molar-refractivity contribution in [3.05, 3.63) is 0 Å². The van der Waals surface area contributed by atoms with E-state index >= 15 is 0 Å². The lowest BCUT2D eigenvalue weighted by atomic mass is 10.0. The van der Waals surface area contributed by atoms with Gasteiger partial charge in [-0.1, -0.05) is 175 Å². The van der Waals surface area contributed by atoms with Crippen LogP contribution in [0.25, 0.3) is 0 Å². The summed E-state index contributed by atoms with van der Waals surface area (Å²) in [6.45, 7) is 8.44. The highest BCUT2D eigenvalue weighted by molar-refractivity contribution is 7.47. The van der Waals surface area contributed by atoms with Crippen molar-refractivity contribution < 1.29 is 18.6 Å². The minimum atomic E-state index is -4.04. The summed E-state index contributed by atoms with van der Waals surface area (Å²) in [5, 5.41) is 1.72. The van der Waals surface area contributed by atoms with Crippen LogP contribution in [-0.2, 0) is 13.7 Å². The monoisotopic (exact) mass is 576 g/mol. The lowest BCUT2D eigenvalue weighted by molar-refractivity contribution is -0.0885. The molecule has 0 saturated carbocycles. The Morgan fingerprint density at radius 3 is 1.08 bits per heavy atom. The number of rotatable bonds is 33. The van der Waals surface area contributed by atoms with E-state index in [1.54, 1.807) is 5.06 Å². The van der Waals surface area contributed by atoms with E-state index in [0.29, 0.717) is 19.7 Å². The Balaban J connectivity index is 3.91. The second-order valence-electron chi connectivity index (χ2n) is 11.8. The summed E-state index contributed by atoms with van der Waals surface area (Å²) < 4.78 is 23.5. The van der Waals surface area contributed by atoms with Gasteiger partial charge in [0.2, 0.25) is 0 Å². The van der Waals surface area contributed by atoms with E-state index in [1.807, 2.05) is 0 Å². The molecular weight excluding hydrogens is 505 g/mol. The molecule has 1 N–H and O–H groups in total. The summed E-state index contributed by atoms with van der Waals surface area (Å²) in [5.74, 6) is 0. The van der Waals surface area contributed by atoms with Crippen molar-refractivity contribution in [1.29, 1.82) is 0 Å². The van der Waals surface area contributed by atoms with Gasteiger partial charge >= 0.3 is 7.82 Å². The zero-order valence-corrected chi connectivity index (χ0v) is 27.7. The smallest absolute Gasteiger partial charge is 0.301 e. The molecule has 0 aromatic rings. The Morgan fingerprint density at radius 1 is 0.462 bits per heavy atom. The summed E-state index contributed by atoms with van der Waals surface area (Å²) in [7, 11) is -4.04. The van der Waals surface area contributed by atoms with Crippen LogP contribution in [0.5, 0.6) is 0 Å². The van der Waals surface area contributed by atoms with Crippen molar-refractivity contribution in [3.8, 4) is 0 Å². The van der Waals surface area contributed by atoms with Crippen LogP contribution in [0.2, 0.25) is 0 Å². The molecule has 0 heterocycles. The van der Waals surface area contributed by atoms with Crippen LogP contribution in [-0.4, -0.2) is 29.7 Å². The van der Waals surface area contributed by atoms with E-state index in [4.69, 9.17) is 9.15 Å². The third kappa shape index (κ3) is 30.8. The lowest BCUT2D eigenvalue weighted by Crippen LogP contribution is -2.26. The van der Waals surface area contributed by atoms with Gasteiger partial charge in [-0.2, -0.15) is 9.69 Å². The fraction of sp³-hybridized carbons (Fsp3) is 1.00. The summed E-state index contributed by atoms with van der Waals surface area (Å²) in [5.41, 5.74) is 0. The molecule has 0 aromatic heterocycles. The Kier molecular flexibility index (Phi) is 31.1. The van der Waals surface area contributed by atoms with Crippen LogP contribution in [0.3, 0.4) is 0 Å². The summed E-state index contributed by atoms with van der Waals surface area (Å²) in [4.78, 5) is 10.3. The second kappa shape index (κ2) is 31.0. The van der Waals surface area contributed by atoms with Gasteiger partial charge in [-0.3, -0.25) is 4.52 Å². The van der Waals surface area contributed by atoms with Gasteiger partial charge in [0.1, 0.15) is 0 Å². The van der Waals surface area contributed by atoms with Crippen LogP contribution in [0.15, 0.2) is 0 Å². The van der Waals surface area contributed by atoms with Gasteiger partial charge < -0.3 is 4.89 Å². The molecule has 0 bridgehead atoms. The van der Waals surface area contributed by atoms with Crippen LogP contribution in [0.4, 0.5) is 0 Å². The predicted octanol–water partition coefficient (Wildman–Crippen LogP) is 11.9. The number of phosphoric acid groups is 1. The molecule has 5 nitrogen and oxygen atoms in total. The van der Waals surface area contributed by atoms with Gasteiger partial charge in [-0.15, -0.1) is 0 Å². The van der Waals surface area contributed by atoms with E-state index in [9.17, 15) is 9.46 Å². The van der Waals surface area contributed by atoms with E-state index < -0.39 is 7.82 Å². The summed E-state index contributed by atoms with van der Waals surface area (Å²) >= 11 is 0. The first-order valence-electron chi connectivity index (χ1n) is 17.5. The number of nitrogens with zero attached hydrogens (tertiary/aromatic N) is 1.